The molecule has 0 N–H and O–H groups in total. The van der Waals surface area contributed by atoms with Gasteiger partial charge in [-0.05, 0) is 42.2 Å². The highest BCUT2D eigenvalue weighted by atomic mass is 32.1. The van der Waals surface area contributed by atoms with Gasteiger partial charge in [0.15, 0.2) is 0 Å². The van der Waals surface area contributed by atoms with Crippen molar-refractivity contribution in [1.29, 1.82) is 0 Å². The van der Waals surface area contributed by atoms with E-state index in [1.807, 2.05) is 6.07 Å². The third-order valence-electron chi connectivity index (χ3n) is 3.91. The molecule has 0 fully saturated rings. The zero-order valence-electron chi connectivity index (χ0n) is 12.1. The van der Waals surface area contributed by atoms with Gasteiger partial charge in [-0.3, -0.25) is 0 Å². The van der Waals surface area contributed by atoms with Gasteiger partial charge in [-0.15, -0.1) is 0 Å². The van der Waals surface area contributed by atoms with Gasteiger partial charge in [0.2, 0.25) is 0 Å². The van der Waals surface area contributed by atoms with Crippen molar-refractivity contribution < 1.29 is 4.74 Å². The van der Waals surface area contributed by atoms with Crippen LogP contribution in [-0.2, 0) is 0 Å². The lowest BCUT2D eigenvalue weighted by Gasteiger charge is -2.29. The molecule has 0 unspecified atom stereocenters. The van der Waals surface area contributed by atoms with Crippen LogP contribution < -0.4 is 4.74 Å². The zero-order valence-corrected chi connectivity index (χ0v) is 13.0. The molecule has 0 saturated carbocycles. The fourth-order valence-electron chi connectivity index (χ4n) is 1.92. The van der Waals surface area contributed by atoms with Gasteiger partial charge in [0.1, 0.15) is 5.75 Å². The van der Waals surface area contributed by atoms with E-state index in [0.29, 0.717) is 5.92 Å². The number of thiol groups is 1. The highest BCUT2D eigenvalue weighted by molar-refractivity contribution is 7.80. The summed E-state index contributed by atoms with van der Waals surface area (Å²) in [7, 11) is 0. The Balaban J connectivity index is 2.70. The quantitative estimate of drug-likeness (QED) is 0.689. The largest absolute Gasteiger partial charge is 0.493 e. The Labute approximate surface area is 117 Å². The monoisotopic (exact) mass is 266 g/mol. The number of rotatable bonds is 7. The van der Waals surface area contributed by atoms with E-state index in [0.717, 1.165) is 31.0 Å². The summed E-state index contributed by atoms with van der Waals surface area (Å²) in [5, 5.41) is 0. The molecule has 0 aromatic heterocycles. The summed E-state index contributed by atoms with van der Waals surface area (Å²) in [6.45, 7) is 9.59. The number of hydrogen-bond donors (Lipinski definition) is 1. The van der Waals surface area contributed by atoms with Gasteiger partial charge >= 0.3 is 0 Å². The molecule has 0 amide bonds. The lowest BCUT2D eigenvalue weighted by Crippen LogP contribution is -2.29. The average Bonchev–Trinajstić information content (AvgIpc) is 2.41. The van der Waals surface area contributed by atoms with E-state index in [1.54, 1.807) is 0 Å². The topological polar surface area (TPSA) is 9.23 Å². The van der Waals surface area contributed by atoms with Crippen LogP contribution in [0.25, 0.3) is 0 Å². The Morgan fingerprint density at radius 1 is 1.22 bits per heavy atom. The first kappa shape index (κ1) is 15.4. The summed E-state index contributed by atoms with van der Waals surface area (Å²) in [6, 6.07) is 8.42. The first-order valence-corrected chi connectivity index (χ1v) is 7.53. The Hall–Kier alpha value is -0.630. The molecule has 1 rings (SSSR count). The highest BCUT2D eigenvalue weighted by Gasteiger charge is 2.25. The molecule has 102 valence electrons. The molecule has 18 heavy (non-hydrogen) atoms. The first-order chi connectivity index (χ1) is 8.56. The summed E-state index contributed by atoms with van der Waals surface area (Å²) in [6.07, 6.45) is 2.22. The fourth-order valence-corrected chi connectivity index (χ4v) is 2.46. The van der Waals surface area contributed by atoms with Crippen LogP contribution in [0.1, 0.15) is 52.0 Å². The molecule has 0 radical (unpaired) electrons. The molecule has 1 aromatic rings. The van der Waals surface area contributed by atoms with Gasteiger partial charge in [-0.2, -0.15) is 12.6 Å². The third kappa shape index (κ3) is 3.94. The summed E-state index contributed by atoms with van der Waals surface area (Å²) in [4.78, 5) is 0. The summed E-state index contributed by atoms with van der Waals surface area (Å²) in [5.41, 5.74) is 1.54. The second-order valence-corrected chi connectivity index (χ2v) is 5.70. The number of ether oxygens (including phenoxy) is 1. The molecule has 0 spiro atoms. The van der Waals surface area contributed by atoms with E-state index in [9.17, 15) is 0 Å². The lowest BCUT2D eigenvalue weighted by atomic mass is 9.85. The SMILES string of the molecule is CCC(CC)(CS)COc1cccc(C(C)C)c1. The molecular formula is C16H26OS. The maximum atomic E-state index is 5.99. The van der Waals surface area contributed by atoms with Gasteiger partial charge in [0.05, 0.1) is 6.61 Å². The first-order valence-electron chi connectivity index (χ1n) is 6.90. The van der Waals surface area contributed by atoms with Crippen LogP contribution in [0.4, 0.5) is 0 Å². The van der Waals surface area contributed by atoms with E-state index >= 15 is 0 Å². The molecule has 0 aliphatic carbocycles. The molecular weight excluding hydrogens is 240 g/mol. The van der Waals surface area contributed by atoms with E-state index in [2.05, 4.69) is 58.5 Å². The van der Waals surface area contributed by atoms with Crippen molar-refractivity contribution in [1.82, 2.24) is 0 Å². The predicted molar refractivity (Wildman–Crippen MR) is 82.9 cm³/mol. The Bertz CT molecular complexity index is 348. The van der Waals surface area contributed by atoms with Crippen molar-refractivity contribution in [3.8, 4) is 5.75 Å². The second-order valence-electron chi connectivity index (χ2n) is 5.38. The van der Waals surface area contributed by atoms with Gasteiger partial charge in [0.25, 0.3) is 0 Å². The predicted octanol–water partition coefficient (Wildman–Crippen LogP) is 4.93. The minimum absolute atomic E-state index is 0.205. The standard InChI is InChI=1S/C16H26OS/c1-5-16(6-2,12-18)11-17-15-9-7-8-14(10-15)13(3)4/h7-10,13,18H,5-6,11-12H2,1-4H3. The van der Waals surface area contributed by atoms with Crippen LogP contribution in [0.3, 0.4) is 0 Å². The highest BCUT2D eigenvalue weighted by Crippen LogP contribution is 2.29. The minimum atomic E-state index is 0.205. The van der Waals surface area contributed by atoms with Crippen LogP contribution in [0.2, 0.25) is 0 Å². The maximum Gasteiger partial charge on any atom is 0.119 e. The van der Waals surface area contributed by atoms with Crippen molar-refractivity contribution >= 4 is 12.6 Å². The Morgan fingerprint density at radius 3 is 2.39 bits per heavy atom. The molecule has 1 nitrogen and oxygen atoms in total. The lowest BCUT2D eigenvalue weighted by molar-refractivity contribution is 0.157. The number of benzene rings is 1. The van der Waals surface area contributed by atoms with Crippen molar-refractivity contribution in [2.75, 3.05) is 12.4 Å². The van der Waals surface area contributed by atoms with E-state index in [-0.39, 0.29) is 5.41 Å². The molecule has 0 bridgehead atoms. The Kier molecular flexibility index (Phi) is 6.07. The van der Waals surface area contributed by atoms with E-state index in [4.69, 9.17) is 4.74 Å². The normalized spacial score (nSPS) is 11.9. The van der Waals surface area contributed by atoms with Crippen LogP contribution in [0.15, 0.2) is 24.3 Å². The minimum Gasteiger partial charge on any atom is -0.493 e. The molecule has 1 aromatic carbocycles. The molecule has 0 aliphatic heterocycles. The van der Waals surface area contributed by atoms with Gasteiger partial charge < -0.3 is 4.74 Å². The number of hydrogen-bond acceptors (Lipinski definition) is 2. The summed E-state index contributed by atoms with van der Waals surface area (Å²) in [5.74, 6) is 2.40. The van der Waals surface area contributed by atoms with E-state index < -0.39 is 0 Å². The van der Waals surface area contributed by atoms with E-state index in [1.165, 1.54) is 5.56 Å². The fraction of sp³-hybridized carbons (Fsp3) is 0.625. The molecule has 2 heteroatoms. The molecule has 0 saturated heterocycles. The Morgan fingerprint density at radius 2 is 1.89 bits per heavy atom. The van der Waals surface area contributed by atoms with Crippen LogP contribution in [-0.4, -0.2) is 12.4 Å². The van der Waals surface area contributed by atoms with Crippen molar-refractivity contribution in [3.05, 3.63) is 29.8 Å². The smallest absolute Gasteiger partial charge is 0.119 e. The maximum absolute atomic E-state index is 5.99. The van der Waals surface area contributed by atoms with Gasteiger partial charge in [0, 0.05) is 5.41 Å². The second kappa shape index (κ2) is 7.08. The summed E-state index contributed by atoms with van der Waals surface area (Å²) >= 11 is 4.48. The molecule has 0 aliphatic rings. The zero-order chi connectivity index (χ0) is 13.6. The average molecular weight is 266 g/mol. The molecule has 0 heterocycles. The van der Waals surface area contributed by atoms with Crippen LogP contribution in [0.5, 0.6) is 5.75 Å². The van der Waals surface area contributed by atoms with Crippen LogP contribution in [0, 0.1) is 5.41 Å². The van der Waals surface area contributed by atoms with Crippen molar-refractivity contribution in [2.24, 2.45) is 5.41 Å². The van der Waals surface area contributed by atoms with Crippen molar-refractivity contribution in [3.63, 3.8) is 0 Å². The van der Waals surface area contributed by atoms with Gasteiger partial charge in [-0.25, -0.2) is 0 Å². The van der Waals surface area contributed by atoms with Gasteiger partial charge in [-0.1, -0.05) is 39.8 Å². The summed E-state index contributed by atoms with van der Waals surface area (Å²) < 4.78 is 5.99. The van der Waals surface area contributed by atoms with Crippen molar-refractivity contribution in [2.45, 2.75) is 46.5 Å². The third-order valence-corrected chi connectivity index (χ3v) is 4.58. The molecule has 0 atom stereocenters. The van der Waals surface area contributed by atoms with Crippen LogP contribution >= 0.6 is 12.6 Å².